The van der Waals surface area contributed by atoms with Crippen molar-refractivity contribution in [2.24, 2.45) is 0 Å². The molecule has 2 heterocycles. The van der Waals surface area contributed by atoms with E-state index >= 15 is 0 Å². The van der Waals surface area contributed by atoms with Crippen molar-refractivity contribution in [3.63, 3.8) is 0 Å². The maximum Gasteiger partial charge on any atom is -1.00 e. The molecule has 8 aromatic rings. The third kappa shape index (κ3) is 7.21. The van der Waals surface area contributed by atoms with E-state index in [4.69, 9.17) is 9.47 Å². The van der Waals surface area contributed by atoms with Crippen molar-refractivity contribution in [1.82, 2.24) is 0 Å². The second kappa shape index (κ2) is 17.7. The summed E-state index contributed by atoms with van der Waals surface area (Å²) in [5, 5.41) is 0. The molecule has 0 spiro atoms. The summed E-state index contributed by atoms with van der Waals surface area (Å²) in [7, 11) is 0. The van der Waals surface area contributed by atoms with Crippen LogP contribution in [0.25, 0.3) is 34.4 Å². The number of halogens is 2. The van der Waals surface area contributed by atoms with Gasteiger partial charge in [0.15, 0.2) is 0 Å². The van der Waals surface area contributed by atoms with E-state index in [1.54, 1.807) is 0 Å². The topological polar surface area (TPSA) is 24.9 Å². The predicted octanol–water partition coefficient (Wildman–Crippen LogP) is 10.7. The summed E-state index contributed by atoms with van der Waals surface area (Å²) in [6, 6.07) is 65.9. The van der Waals surface area contributed by atoms with Gasteiger partial charge in [0.1, 0.15) is 0 Å². The molecule has 0 aromatic heterocycles. The molecule has 322 valence electrons. The van der Waals surface area contributed by atoms with Crippen LogP contribution in [0.2, 0.25) is 13.1 Å². The fraction of sp³-hybridized carbons (Fsp3) is 0.103. The summed E-state index contributed by atoms with van der Waals surface area (Å²) >= 11 is -2.62. The standard InChI is InChI=1S/2C28H20NO.C2H6Si.2ClH.Zr/c2*1-19-15-21-17-22(18-24(23(21)16-19)20-9-3-2-4-10-20)29-25-11-5-7-13-27(25)30-28-14-8-6-12-26(28)29;1-3-2;;;/h2*2-18H,1H3;1-2H3;2*1H;/q;;;;;+2/p-2. The summed E-state index contributed by atoms with van der Waals surface area (Å²) in [5.74, 6) is 3.49. The molecule has 4 aliphatic rings. The minimum absolute atomic E-state index is 0. The summed E-state index contributed by atoms with van der Waals surface area (Å²) in [4.78, 5) is 4.87. The van der Waals surface area contributed by atoms with Gasteiger partial charge in [-0.3, -0.25) is 0 Å². The number of rotatable bonds is 6. The van der Waals surface area contributed by atoms with Gasteiger partial charge in [-0.2, -0.15) is 0 Å². The quantitative estimate of drug-likeness (QED) is 0.155. The van der Waals surface area contributed by atoms with Crippen LogP contribution in [0.15, 0.2) is 193 Å². The Morgan fingerprint density at radius 2 is 0.742 bits per heavy atom. The van der Waals surface area contributed by atoms with E-state index in [-0.39, 0.29) is 24.8 Å². The van der Waals surface area contributed by atoms with Gasteiger partial charge in [0.25, 0.3) is 0 Å². The monoisotopic (exact) mass is 990 g/mol. The van der Waals surface area contributed by atoms with E-state index in [0.29, 0.717) is 7.25 Å². The van der Waals surface area contributed by atoms with E-state index in [1.807, 2.05) is 0 Å². The summed E-state index contributed by atoms with van der Waals surface area (Å²) in [6.07, 6.45) is 5.11. The number of anilines is 6. The number of nitrogens with zero attached hydrogens (tertiary/aromatic N) is 2. The molecule has 66 heavy (non-hydrogen) atoms. The van der Waals surface area contributed by atoms with Gasteiger partial charge in [-0.15, -0.1) is 0 Å². The van der Waals surface area contributed by atoms with Crippen LogP contribution in [0.5, 0.6) is 23.0 Å². The first-order chi connectivity index (χ1) is 31.4. The molecule has 2 atom stereocenters. The van der Waals surface area contributed by atoms with Crippen molar-refractivity contribution in [3.05, 3.63) is 215 Å². The van der Waals surface area contributed by atoms with Crippen molar-refractivity contribution < 1.29 is 54.7 Å². The summed E-state index contributed by atoms with van der Waals surface area (Å²) < 4.78 is 13.9. The van der Waals surface area contributed by atoms with Crippen LogP contribution in [-0.4, -0.2) is 5.43 Å². The van der Waals surface area contributed by atoms with E-state index < -0.39 is 25.8 Å². The van der Waals surface area contributed by atoms with Crippen molar-refractivity contribution >= 4 is 51.7 Å². The summed E-state index contributed by atoms with van der Waals surface area (Å²) in [6.45, 7) is 10.1. The molecule has 0 amide bonds. The third-order valence-electron chi connectivity index (χ3n) is 13.4. The van der Waals surface area contributed by atoms with Gasteiger partial charge in [0.2, 0.25) is 0 Å². The fourth-order valence-electron chi connectivity index (χ4n) is 10.7. The average molecular weight is 993 g/mol. The zero-order valence-electron chi connectivity index (χ0n) is 37.1. The molecule has 0 radical (unpaired) electrons. The molecule has 8 aromatic carbocycles. The average Bonchev–Trinajstić information content (AvgIpc) is 3.84. The minimum atomic E-state index is -2.62. The van der Waals surface area contributed by atoms with Crippen LogP contribution in [-0.2, 0) is 20.4 Å². The van der Waals surface area contributed by atoms with E-state index in [2.05, 4.69) is 231 Å². The third-order valence-corrected chi connectivity index (χ3v) is 33.3. The molecule has 0 bridgehead atoms. The minimum Gasteiger partial charge on any atom is -1.00 e. The molecule has 2 aliphatic heterocycles. The molecule has 0 unspecified atom stereocenters. The number of allylic oxidation sites excluding steroid dienone is 2. The zero-order valence-corrected chi connectivity index (χ0v) is 42.1. The Kier molecular flexibility index (Phi) is 11.8. The molecular weight excluding hydrogens is 947 g/mol. The van der Waals surface area contributed by atoms with Crippen LogP contribution in [0, 0.1) is 0 Å². The van der Waals surface area contributed by atoms with Crippen molar-refractivity contribution in [1.29, 1.82) is 0 Å². The second-order valence-corrected chi connectivity index (χ2v) is 35.4. The molecule has 8 heteroatoms. The SMILES string of the molecule is CC1=Cc2c(-c3ccccc3)cc(N3c4ccccc4Oc4ccccc43)cc2[C@@H]1[Zr+2]([C@H]1C(C)=Cc2c(-c3ccccc3)cc(N3c4ccccc4Oc4ccccc43)cc21)=[Si](C)C.[Cl-].[Cl-]. The van der Waals surface area contributed by atoms with Crippen molar-refractivity contribution in [2.45, 2.75) is 34.2 Å². The van der Waals surface area contributed by atoms with Crippen LogP contribution < -0.4 is 44.1 Å². The largest absolute Gasteiger partial charge is 1.00 e. The molecule has 0 N–H and O–H groups in total. The molecule has 4 nitrogen and oxygen atoms in total. The maximum absolute atomic E-state index is 6.54. The first-order valence-electron chi connectivity index (χ1n) is 22.2. The summed E-state index contributed by atoms with van der Waals surface area (Å²) in [5.41, 5.74) is 19.7. The van der Waals surface area contributed by atoms with Gasteiger partial charge < -0.3 is 24.8 Å². The van der Waals surface area contributed by atoms with Gasteiger partial charge in [-0.05, 0) is 0 Å². The fourth-order valence-corrected chi connectivity index (χ4v) is 31.4. The van der Waals surface area contributed by atoms with Gasteiger partial charge in [0, 0.05) is 0 Å². The first-order valence-corrected chi connectivity index (χ1v) is 31.3. The number of fused-ring (bicyclic) bond motifs is 6. The number of para-hydroxylation sites is 8. The Hall–Kier alpha value is -5.88. The number of hydrogen-bond acceptors (Lipinski definition) is 4. The Morgan fingerprint density at radius 1 is 0.424 bits per heavy atom. The maximum atomic E-state index is 6.54. The normalized spacial score (nSPS) is 15.6. The Bertz CT molecular complexity index is 3010. The van der Waals surface area contributed by atoms with Crippen LogP contribution in [0.1, 0.15) is 43.4 Å². The Morgan fingerprint density at radius 3 is 1.08 bits per heavy atom. The van der Waals surface area contributed by atoms with E-state index in [9.17, 15) is 0 Å². The first kappa shape index (κ1) is 44.0. The van der Waals surface area contributed by atoms with Crippen molar-refractivity contribution in [3.8, 4) is 45.3 Å². The molecule has 12 rings (SSSR count). The van der Waals surface area contributed by atoms with Crippen molar-refractivity contribution in [2.75, 3.05) is 9.80 Å². The van der Waals surface area contributed by atoms with Gasteiger partial charge in [-0.25, -0.2) is 0 Å². The number of hydrogen-bond donors (Lipinski definition) is 0. The molecule has 0 saturated heterocycles. The predicted molar refractivity (Wildman–Crippen MR) is 264 cm³/mol. The van der Waals surface area contributed by atoms with Gasteiger partial charge in [0.05, 0.1) is 0 Å². The van der Waals surface area contributed by atoms with Crippen LogP contribution in [0.4, 0.5) is 34.1 Å². The van der Waals surface area contributed by atoms with Crippen LogP contribution in [0.3, 0.4) is 0 Å². The molecule has 2 aliphatic carbocycles. The van der Waals surface area contributed by atoms with E-state index in [1.165, 1.54) is 67.0 Å². The van der Waals surface area contributed by atoms with Gasteiger partial charge >= 0.3 is 386 Å². The smallest absolute Gasteiger partial charge is 1.00 e. The Labute approximate surface area is 407 Å². The number of benzene rings is 8. The van der Waals surface area contributed by atoms with Crippen LogP contribution >= 0.6 is 0 Å². The molecular formula is C58H46Cl2N2O2SiZr. The zero-order chi connectivity index (χ0) is 43.1. The molecule has 0 saturated carbocycles. The number of ether oxygens (including phenoxy) is 2. The second-order valence-electron chi connectivity index (χ2n) is 17.6. The van der Waals surface area contributed by atoms with E-state index in [0.717, 1.165) is 45.7 Å². The Balaban J connectivity index is 0.00000256. The van der Waals surface area contributed by atoms with Gasteiger partial charge in [-0.1, -0.05) is 0 Å². The molecule has 0 fully saturated rings.